The quantitative estimate of drug-likeness (QED) is 0.773. The van der Waals surface area contributed by atoms with Crippen LogP contribution in [0.2, 0.25) is 0 Å². The fourth-order valence-electron chi connectivity index (χ4n) is 5.60. The number of nitrogens with zero attached hydrogens (tertiary/aromatic N) is 4. The molecule has 32 heavy (non-hydrogen) atoms. The summed E-state index contributed by atoms with van der Waals surface area (Å²) >= 11 is 0. The molecule has 176 valence electrons. The van der Waals surface area contributed by atoms with Crippen LogP contribution in [0.1, 0.15) is 51.5 Å². The van der Waals surface area contributed by atoms with Crippen molar-refractivity contribution >= 4 is 17.9 Å². The summed E-state index contributed by atoms with van der Waals surface area (Å²) in [6.07, 6.45) is 6.93. The van der Waals surface area contributed by atoms with Crippen LogP contribution in [-0.2, 0) is 10.2 Å². The normalized spacial score (nSPS) is 21.3. The SMILES string of the molecule is CCNC(=O)N1CCC2(CCN(CC3CCN(C(=O)OCC)CC3)CC2)c2cccnc21. The third-order valence-electron chi connectivity index (χ3n) is 7.47. The number of anilines is 1. The lowest BCUT2D eigenvalue weighted by Gasteiger charge is -2.47. The highest BCUT2D eigenvalue weighted by Crippen LogP contribution is 2.45. The van der Waals surface area contributed by atoms with Crippen LogP contribution in [0.4, 0.5) is 15.4 Å². The summed E-state index contributed by atoms with van der Waals surface area (Å²) in [4.78, 5) is 35.3. The van der Waals surface area contributed by atoms with E-state index in [9.17, 15) is 9.59 Å². The van der Waals surface area contributed by atoms with E-state index in [0.29, 0.717) is 19.1 Å². The molecular formula is C24H37N5O3. The molecule has 0 aliphatic carbocycles. The van der Waals surface area contributed by atoms with Gasteiger partial charge in [0.2, 0.25) is 0 Å². The minimum atomic E-state index is -0.169. The lowest BCUT2D eigenvalue weighted by atomic mass is 9.68. The highest BCUT2D eigenvalue weighted by molar-refractivity contribution is 5.92. The van der Waals surface area contributed by atoms with Crippen LogP contribution >= 0.6 is 0 Å². The van der Waals surface area contributed by atoms with Crippen molar-refractivity contribution in [3.63, 3.8) is 0 Å². The van der Waals surface area contributed by atoms with Crippen molar-refractivity contribution in [3.05, 3.63) is 23.9 Å². The summed E-state index contributed by atoms with van der Waals surface area (Å²) in [6.45, 7) is 10.4. The second-order valence-electron chi connectivity index (χ2n) is 9.32. The van der Waals surface area contributed by atoms with Crippen LogP contribution in [0.15, 0.2) is 18.3 Å². The minimum absolute atomic E-state index is 0.0473. The Hall–Kier alpha value is -2.35. The summed E-state index contributed by atoms with van der Waals surface area (Å²) in [6, 6.07) is 4.13. The molecule has 1 spiro atoms. The van der Waals surface area contributed by atoms with Gasteiger partial charge in [-0.3, -0.25) is 4.90 Å². The maximum atomic E-state index is 12.5. The molecule has 0 bridgehead atoms. The second kappa shape index (κ2) is 10.1. The minimum Gasteiger partial charge on any atom is -0.450 e. The number of amides is 3. The number of ether oxygens (including phenoxy) is 1. The van der Waals surface area contributed by atoms with Gasteiger partial charge in [-0.25, -0.2) is 14.6 Å². The Morgan fingerprint density at radius 1 is 1.12 bits per heavy atom. The lowest BCUT2D eigenvalue weighted by molar-refractivity contribution is 0.0779. The van der Waals surface area contributed by atoms with Gasteiger partial charge >= 0.3 is 12.1 Å². The molecule has 8 nitrogen and oxygen atoms in total. The van der Waals surface area contributed by atoms with Gasteiger partial charge in [0.1, 0.15) is 5.82 Å². The average molecular weight is 444 g/mol. The zero-order valence-corrected chi connectivity index (χ0v) is 19.5. The molecule has 4 rings (SSSR count). The molecule has 0 atom stereocenters. The fourth-order valence-corrected chi connectivity index (χ4v) is 5.60. The van der Waals surface area contributed by atoms with Gasteiger partial charge in [0.25, 0.3) is 0 Å². The van der Waals surface area contributed by atoms with Crippen LogP contribution in [0.5, 0.6) is 0 Å². The molecule has 0 saturated carbocycles. The summed E-state index contributed by atoms with van der Waals surface area (Å²) in [5, 5.41) is 2.92. The molecule has 1 aromatic heterocycles. The standard InChI is InChI=1S/C24H37N5O3/c1-3-25-22(30)29-17-11-24(20-6-5-12-26-21(20)29)9-15-27(16-10-24)18-19-7-13-28(14-8-19)23(31)32-4-2/h5-6,12,19H,3-4,7-11,13-18H2,1-2H3,(H,25,30). The Labute approximate surface area is 191 Å². The topological polar surface area (TPSA) is 78.0 Å². The Morgan fingerprint density at radius 3 is 2.53 bits per heavy atom. The molecule has 2 saturated heterocycles. The predicted molar refractivity (Wildman–Crippen MR) is 124 cm³/mol. The number of rotatable bonds is 4. The first-order valence-electron chi connectivity index (χ1n) is 12.2. The van der Waals surface area contributed by atoms with Gasteiger partial charge in [0, 0.05) is 49.9 Å². The summed E-state index contributed by atoms with van der Waals surface area (Å²) in [5.41, 5.74) is 1.36. The van der Waals surface area contributed by atoms with Gasteiger partial charge in [0.05, 0.1) is 6.61 Å². The lowest BCUT2D eigenvalue weighted by Crippen LogP contribution is -2.52. The number of aromatic nitrogens is 1. The van der Waals surface area contributed by atoms with E-state index in [1.165, 1.54) is 5.56 Å². The molecule has 1 aromatic rings. The number of likely N-dealkylation sites (tertiary alicyclic amines) is 2. The first-order valence-corrected chi connectivity index (χ1v) is 12.2. The molecule has 1 N–H and O–H groups in total. The molecular weight excluding hydrogens is 406 g/mol. The van der Waals surface area contributed by atoms with Crippen LogP contribution in [0, 0.1) is 5.92 Å². The second-order valence-corrected chi connectivity index (χ2v) is 9.32. The van der Waals surface area contributed by atoms with E-state index in [2.05, 4.69) is 21.3 Å². The van der Waals surface area contributed by atoms with E-state index in [-0.39, 0.29) is 17.5 Å². The van der Waals surface area contributed by atoms with Gasteiger partial charge < -0.3 is 19.9 Å². The van der Waals surface area contributed by atoms with Crippen LogP contribution in [0.3, 0.4) is 0 Å². The highest BCUT2D eigenvalue weighted by atomic mass is 16.6. The number of carbonyl (C=O) groups excluding carboxylic acids is 2. The predicted octanol–water partition coefficient (Wildman–Crippen LogP) is 3.22. The van der Waals surface area contributed by atoms with E-state index < -0.39 is 0 Å². The van der Waals surface area contributed by atoms with E-state index in [4.69, 9.17) is 4.74 Å². The molecule has 2 fully saturated rings. The summed E-state index contributed by atoms with van der Waals surface area (Å²) in [7, 11) is 0. The zero-order valence-electron chi connectivity index (χ0n) is 19.5. The maximum absolute atomic E-state index is 12.5. The first-order chi connectivity index (χ1) is 15.6. The third-order valence-corrected chi connectivity index (χ3v) is 7.47. The fraction of sp³-hybridized carbons (Fsp3) is 0.708. The van der Waals surface area contributed by atoms with Crippen molar-refractivity contribution in [3.8, 4) is 0 Å². The van der Waals surface area contributed by atoms with Crippen molar-refractivity contribution in [2.45, 2.75) is 51.4 Å². The van der Waals surface area contributed by atoms with E-state index in [1.54, 1.807) is 6.20 Å². The molecule has 8 heteroatoms. The Bertz CT molecular complexity index is 801. The Balaban J connectivity index is 1.34. The molecule has 4 heterocycles. The number of carbonyl (C=O) groups is 2. The number of pyridine rings is 1. The summed E-state index contributed by atoms with van der Waals surface area (Å²) in [5.74, 6) is 1.48. The van der Waals surface area contributed by atoms with Crippen molar-refractivity contribution in [2.24, 2.45) is 5.92 Å². The van der Waals surface area contributed by atoms with Crippen molar-refractivity contribution in [1.29, 1.82) is 0 Å². The van der Waals surface area contributed by atoms with Crippen LogP contribution < -0.4 is 10.2 Å². The van der Waals surface area contributed by atoms with Crippen LogP contribution in [-0.4, -0.2) is 79.3 Å². The highest BCUT2D eigenvalue weighted by Gasteiger charge is 2.43. The van der Waals surface area contributed by atoms with Gasteiger partial charge in [-0.1, -0.05) is 6.07 Å². The van der Waals surface area contributed by atoms with Crippen molar-refractivity contribution in [2.75, 3.05) is 57.3 Å². The molecule has 3 amide bonds. The molecule has 3 aliphatic rings. The molecule has 0 unspecified atom stereocenters. The van der Waals surface area contributed by atoms with Gasteiger partial charge in [0.15, 0.2) is 0 Å². The number of nitrogens with one attached hydrogen (secondary N) is 1. The largest absolute Gasteiger partial charge is 0.450 e. The van der Waals surface area contributed by atoms with Crippen molar-refractivity contribution < 1.29 is 14.3 Å². The first kappa shape index (κ1) is 22.8. The smallest absolute Gasteiger partial charge is 0.409 e. The number of fused-ring (bicyclic) bond motifs is 2. The number of piperidine rings is 2. The number of hydrogen-bond donors (Lipinski definition) is 1. The zero-order chi connectivity index (χ0) is 22.6. The Morgan fingerprint density at radius 2 is 1.84 bits per heavy atom. The van der Waals surface area contributed by atoms with E-state index in [0.717, 1.165) is 77.2 Å². The summed E-state index contributed by atoms with van der Waals surface area (Å²) < 4.78 is 5.14. The molecule has 0 radical (unpaired) electrons. The van der Waals surface area contributed by atoms with Gasteiger partial charge in [-0.2, -0.15) is 0 Å². The van der Waals surface area contributed by atoms with E-state index >= 15 is 0 Å². The molecule has 3 aliphatic heterocycles. The van der Waals surface area contributed by atoms with Crippen LogP contribution in [0.25, 0.3) is 0 Å². The van der Waals surface area contributed by atoms with Crippen molar-refractivity contribution in [1.82, 2.24) is 20.1 Å². The van der Waals surface area contributed by atoms with Gasteiger partial charge in [-0.15, -0.1) is 0 Å². The maximum Gasteiger partial charge on any atom is 0.409 e. The number of urea groups is 1. The van der Waals surface area contributed by atoms with Gasteiger partial charge in [-0.05, 0) is 71.0 Å². The average Bonchev–Trinajstić information content (AvgIpc) is 2.82. The van der Waals surface area contributed by atoms with E-state index in [1.807, 2.05) is 29.7 Å². The third kappa shape index (κ3) is 4.70. The molecule has 0 aromatic carbocycles. The monoisotopic (exact) mass is 443 g/mol. The Kier molecular flexibility index (Phi) is 7.18. The number of hydrogen-bond acceptors (Lipinski definition) is 5.